The molecular weight excluding hydrogens is 291 g/mol. The van der Waals surface area contributed by atoms with E-state index in [1.54, 1.807) is 12.1 Å². The van der Waals surface area contributed by atoms with Gasteiger partial charge in [0.15, 0.2) is 0 Å². The lowest BCUT2D eigenvalue weighted by Gasteiger charge is -2.30. The molecule has 1 aromatic rings. The summed E-state index contributed by atoms with van der Waals surface area (Å²) in [5.74, 6) is 0. The Morgan fingerprint density at radius 2 is 2.00 bits per heavy atom. The zero-order chi connectivity index (χ0) is 13.1. The Morgan fingerprint density at radius 3 is 2.72 bits per heavy atom. The molecule has 1 atom stereocenters. The third-order valence-electron chi connectivity index (χ3n) is 3.33. The number of halogens is 3. The highest BCUT2D eigenvalue weighted by atomic mass is 35.5. The molecule has 1 saturated heterocycles. The average molecular weight is 308 g/mol. The molecule has 0 spiro atoms. The van der Waals surface area contributed by atoms with E-state index in [0.717, 1.165) is 12.1 Å². The van der Waals surface area contributed by atoms with Crippen LogP contribution in [-0.4, -0.2) is 31.1 Å². The number of nitrogens with one attached hydrogen (secondary N) is 1. The third-order valence-corrected chi connectivity index (χ3v) is 4.53. The van der Waals surface area contributed by atoms with Crippen LogP contribution in [0, 0.1) is 0 Å². The summed E-state index contributed by atoms with van der Waals surface area (Å²) in [7, 11) is 2.15. The number of likely N-dealkylation sites (N-methyl/N-ethyl adjacent to an activating group) is 1. The van der Waals surface area contributed by atoms with Crippen molar-refractivity contribution in [1.29, 1.82) is 0 Å². The topological polar surface area (TPSA) is 15.3 Å². The van der Waals surface area contributed by atoms with Gasteiger partial charge in [-0.05, 0) is 38.6 Å². The van der Waals surface area contributed by atoms with Gasteiger partial charge >= 0.3 is 0 Å². The lowest BCUT2D eigenvalue weighted by Crippen LogP contribution is -2.43. The van der Waals surface area contributed by atoms with E-state index >= 15 is 0 Å². The summed E-state index contributed by atoms with van der Waals surface area (Å²) in [6.07, 6.45) is 2.42. The highest BCUT2D eigenvalue weighted by molar-refractivity contribution is 6.44. The van der Waals surface area contributed by atoms with Crippen molar-refractivity contribution in [3.8, 4) is 0 Å². The number of nitrogens with zero attached hydrogens (tertiary/aromatic N) is 1. The number of likely N-dealkylation sites (tertiary alicyclic amines) is 1. The van der Waals surface area contributed by atoms with Gasteiger partial charge in [0.25, 0.3) is 0 Å². The molecule has 0 saturated carbocycles. The van der Waals surface area contributed by atoms with Crippen LogP contribution in [0.5, 0.6) is 0 Å². The van der Waals surface area contributed by atoms with Crippen molar-refractivity contribution in [3.05, 3.63) is 32.8 Å². The van der Waals surface area contributed by atoms with Gasteiger partial charge in [-0.25, -0.2) is 0 Å². The van der Waals surface area contributed by atoms with Crippen molar-refractivity contribution in [2.75, 3.05) is 20.1 Å². The van der Waals surface area contributed by atoms with Crippen molar-refractivity contribution in [3.63, 3.8) is 0 Å². The fraction of sp³-hybridized carbons (Fsp3) is 0.538. The van der Waals surface area contributed by atoms with E-state index in [1.807, 2.05) is 0 Å². The lowest BCUT2D eigenvalue weighted by atomic mass is 10.1. The first-order valence-electron chi connectivity index (χ1n) is 6.12. The lowest BCUT2D eigenvalue weighted by molar-refractivity contribution is 0.226. The minimum atomic E-state index is 0.495. The second-order valence-electron chi connectivity index (χ2n) is 4.80. The van der Waals surface area contributed by atoms with Crippen LogP contribution >= 0.6 is 34.8 Å². The smallest absolute Gasteiger partial charge is 0.0652 e. The summed E-state index contributed by atoms with van der Waals surface area (Å²) < 4.78 is 0. The van der Waals surface area contributed by atoms with Crippen LogP contribution < -0.4 is 5.32 Å². The minimum absolute atomic E-state index is 0.495. The quantitative estimate of drug-likeness (QED) is 0.854. The molecule has 2 nitrogen and oxygen atoms in total. The summed E-state index contributed by atoms with van der Waals surface area (Å²) >= 11 is 18.3. The van der Waals surface area contributed by atoms with Crippen LogP contribution in [0.15, 0.2) is 12.1 Å². The van der Waals surface area contributed by atoms with Gasteiger partial charge in [-0.2, -0.15) is 0 Å². The largest absolute Gasteiger partial charge is 0.309 e. The minimum Gasteiger partial charge on any atom is -0.309 e. The molecule has 1 N–H and O–H groups in total. The van der Waals surface area contributed by atoms with Crippen LogP contribution in [-0.2, 0) is 6.54 Å². The van der Waals surface area contributed by atoms with Crippen molar-refractivity contribution in [2.24, 2.45) is 0 Å². The first kappa shape index (κ1) is 14.4. The molecule has 18 heavy (non-hydrogen) atoms. The summed E-state index contributed by atoms with van der Waals surface area (Å²) in [4.78, 5) is 2.34. The maximum atomic E-state index is 6.18. The van der Waals surface area contributed by atoms with E-state index in [4.69, 9.17) is 34.8 Å². The van der Waals surface area contributed by atoms with E-state index in [2.05, 4.69) is 17.3 Å². The Bertz CT molecular complexity index is 423. The zero-order valence-corrected chi connectivity index (χ0v) is 12.6. The van der Waals surface area contributed by atoms with Crippen LogP contribution in [0.3, 0.4) is 0 Å². The molecule has 2 rings (SSSR count). The van der Waals surface area contributed by atoms with Gasteiger partial charge < -0.3 is 10.2 Å². The summed E-state index contributed by atoms with van der Waals surface area (Å²) in [6.45, 7) is 2.91. The fourth-order valence-electron chi connectivity index (χ4n) is 2.31. The number of rotatable bonds is 3. The van der Waals surface area contributed by atoms with Crippen LogP contribution in [0.2, 0.25) is 15.1 Å². The molecule has 0 amide bonds. The van der Waals surface area contributed by atoms with Gasteiger partial charge in [0.1, 0.15) is 0 Å². The molecule has 0 aromatic heterocycles. The average Bonchev–Trinajstić information content (AvgIpc) is 2.34. The van der Waals surface area contributed by atoms with Gasteiger partial charge in [-0.15, -0.1) is 0 Å². The second kappa shape index (κ2) is 6.44. The van der Waals surface area contributed by atoms with Crippen molar-refractivity contribution in [1.82, 2.24) is 10.2 Å². The van der Waals surface area contributed by atoms with Crippen LogP contribution in [0.4, 0.5) is 0 Å². The molecule has 1 fully saturated rings. The monoisotopic (exact) mass is 306 g/mol. The molecule has 1 heterocycles. The molecule has 1 aliphatic rings. The fourth-order valence-corrected chi connectivity index (χ4v) is 2.99. The van der Waals surface area contributed by atoms with E-state index in [0.29, 0.717) is 27.7 Å². The number of benzene rings is 1. The predicted octanol–water partition coefficient (Wildman–Crippen LogP) is 3.83. The van der Waals surface area contributed by atoms with Crippen molar-refractivity contribution < 1.29 is 0 Å². The molecular formula is C13H17Cl3N2. The molecule has 5 heteroatoms. The van der Waals surface area contributed by atoms with E-state index in [9.17, 15) is 0 Å². The summed E-state index contributed by atoms with van der Waals surface area (Å²) in [6, 6.07) is 4.01. The number of hydrogen-bond acceptors (Lipinski definition) is 2. The Kier molecular flexibility index (Phi) is 5.16. The Labute approximate surface area is 123 Å². The Balaban J connectivity index is 1.99. The van der Waals surface area contributed by atoms with Crippen molar-refractivity contribution >= 4 is 34.8 Å². The highest BCUT2D eigenvalue weighted by Crippen LogP contribution is 2.31. The molecule has 100 valence electrons. The predicted molar refractivity (Wildman–Crippen MR) is 78.8 cm³/mol. The van der Waals surface area contributed by atoms with Gasteiger partial charge in [-0.3, -0.25) is 0 Å². The highest BCUT2D eigenvalue weighted by Gasteiger charge is 2.17. The SMILES string of the molecule is CN1CCCC(NCc2c(Cl)ccc(Cl)c2Cl)C1. The maximum absolute atomic E-state index is 6.18. The molecule has 1 aromatic carbocycles. The Hall–Kier alpha value is 0.01000. The first-order valence-corrected chi connectivity index (χ1v) is 7.25. The number of piperidine rings is 1. The van der Waals surface area contributed by atoms with Crippen LogP contribution in [0.25, 0.3) is 0 Å². The normalized spacial score (nSPS) is 21.2. The molecule has 0 radical (unpaired) electrons. The third kappa shape index (κ3) is 3.52. The van der Waals surface area contributed by atoms with Crippen LogP contribution in [0.1, 0.15) is 18.4 Å². The van der Waals surface area contributed by atoms with E-state index in [-0.39, 0.29) is 0 Å². The first-order chi connectivity index (χ1) is 8.58. The number of hydrogen-bond donors (Lipinski definition) is 1. The van der Waals surface area contributed by atoms with Gasteiger partial charge in [0, 0.05) is 29.7 Å². The molecule has 1 aliphatic heterocycles. The summed E-state index contributed by atoms with van der Waals surface area (Å²) in [5, 5.41) is 5.29. The molecule has 1 unspecified atom stereocenters. The van der Waals surface area contributed by atoms with E-state index in [1.165, 1.54) is 19.4 Å². The summed E-state index contributed by atoms with van der Waals surface area (Å²) in [5.41, 5.74) is 0.888. The molecule has 0 aliphatic carbocycles. The Morgan fingerprint density at radius 1 is 1.28 bits per heavy atom. The second-order valence-corrected chi connectivity index (χ2v) is 6.00. The maximum Gasteiger partial charge on any atom is 0.0652 e. The van der Waals surface area contributed by atoms with Crippen molar-refractivity contribution in [2.45, 2.75) is 25.4 Å². The molecule has 0 bridgehead atoms. The standard InChI is InChI=1S/C13H17Cl3N2/c1-18-6-2-3-9(8-18)17-7-10-11(14)4-5-12(15)13(10)16/h4-5,9,17H,2-3,6-8H2,1H3. The van der Waals surface area contributed by atoms with Gasteiger partial charge in [-0.1, -0.05) is 34.8 Å². The van der Waals surface area contributed by atoms with Gasteiger partial charge in [0.2, 0.25) is 0 Å². The van der Waals surface area contributed by atoms with E-state index < -0.39 is 0 Å². The zero-order valence-electron chi connectivity index (χ0n) is 10.3. The van der Waals surface area contributed by atoms with Gasteiger partial charge in [0.05, 0.1) is 10.0 Å².